The van der Waals surface area contributed by atoms with Crippen LogP contribution in [0.25, 0.3) is 11.0 Å². The number of nitrogen functional groups attached to an aromatic ring is 1. The maximum Gasteiger partial charge on any atom is 0.317 e. The number of aryl methyl sites for hydroxylation is 1. The van der Waals surface area contributed by atoms with E-state index in [9.17, 15) is 4.79 Å². The van der Waals surface area contributed by atoms with E-state index >= 15 is 0 Å². The number of nitrogens with zero attached hydrogens (tertiary/aromatic N) is 4. The van der Waals surface area contributed by atoms with E-state index in [1.54, 1.807) is 4.90 Å². The molecule has 0 aromatic carbocycles. The van der Waals surface area contributed by atoms with Crippen molar-refractivity contribution in [2.75, 3.05) is 51.8 Å². The summed E-state index contributed by atoms with van der Waals surface area (Å²) in [5.74, 6) is 2.65. The van der Waals surface area contributed by atoms with Crippen molar-refractivity contribution >= 4 is 22.9 Å². The van der Waals surface area contributed by atoms with E-state index in [2.05, 4.69) is 21.8 Å². The van der Waals surface area contributed by atoms with Gasteiger partial charge in [-0.3, -0.25) is 0 Å². The van der Waals surface area contributed by atoms with Crippen molar-refractivity contribution in [3.05, 3.63) is 17.6 Å². The number of pyridine rings is 1. The molecule has 2 aliphatic rings. The van der Waals surface area contributed by atoms with E-state index < -0.39 is 0 Å². The molecule has 1 atom stereocenters. The number of imidazole rings is 1. The highest BCUT2D eigenvalue weighted by atomic mass is 16.5. The van der Waals surface area contributed by atoms with Crippen LogP contribution in [0.5, 0.6) is 0 Å². The van der Waals surface area contributed by atoms with Gasteiger partial charge in [0.1, 0.15) is 11.3 Å². The van der Waals surface area contributed by atoms with E-state index in [0.717, 1.165) is 22.6 Å². The molecule has 2 fully saturated rings. The molecule has 2 aromatic rings. The van der Waals surface area contributed by atoms with E-state index in [1.807, 2.05) is 13.0 Å². The summed E-state index contributed by atoms with van der Waals surface area (Å²) < 4.78 is 13.3. The number of nitrogens with one attached hydrogen (secondary N) is 1. The molecule has 3 N–H and O–H groups in total. The van der Waals surface area contributed by atoms with Crippen molar-refractivity contribution in [2.24, 2.45) is 5.92 Å². The third kappa shape index (κ3) is 4.67. The zero-order valence-electron chi connectivity index (χ0n) is 17.9. The van der Waals surface area contributed by atoms with E-state index in [4.69, 9.17) is 20.2 Å². The highest BCUT2D eigenvalue weighted by molar-refractivity contribution is 5.86. The second-order valence-electron chi connectivity index (χ2n) is 8.21. The van der Waals surface area contributed by atoms with Crippen LogP contribution in [-0.4, -0.2) is 71.5 Å². The molecule has 164 valence electrons. The topological polar surface area (TPSA) is 108 Å². The molecular formula is C21H32N6O3. The molecule has 1 saturated carbocycles. The van der Waals surface area contributed by atoms with Gasteiger partial charge in [-0.2, -0.15) is 0 Å². The zero-order valence-corrected chi connectivity index (χ0v) is 17.9. The maximum absolute atomic E-state index is 12.1. The van der Waals surface area contributed by atoms with Crippen LogP contribution in [0, 0.1) is 12.8 Å². The fraction of sp³-hybridized carbons (Fsp3) is 0.667. The molecule has 1 aliphatic carbocycles. The number of fused-ring (bicyclic) bond motifs is 1. The van der Waals surface area contributed by atoms with Crippen LogP contribution in [0.2, 0.25) is 0 Å². The predicted molar refractivity (Wildman–Crippen MR) is 114 cm³/mol. The highest BCUT2D eigenvalue weighted by Crippen LogP contribution is 2.42. The molecule has 2 amide bonds. The van der Waals surface area contributed by atoms with Crippen LogP contribution >= 0.6 is 0 Å². The van der Waals surface area contributed by atoms with Gasteiger partial charge in [0.05, 0.1) is 31.9 Å². The Bertz CT molecular complexity index is 888. The summed E-state index contributed by atoms with van der Waals surface area (Å²) in [5.41, 5.74) is 8.83. The van der Waals surface area contributed by atoms with Gasteiger partial charge in [0, 0.05) is 37.8 Å². The van der Waals surface area contributed by atoms with Crippen LogP contribution in [-0.2, 0) is 16.0 Å². The van der Waals surface area contributed by atoms with Crippen molar-refractivity contribution in [1.82, 2.24) is 24.8 Å². The number of hydrogen-bond donors (Lipinski definition) is 2. The summed E-state index contributed by atoms with van der Waals surface area (Å²) in [6.45, 7) is 8.88. The zero-order chi connectivity index (χ0) is 21.1. The summed E-state index contributed by atoms with van der Waals surface area (Å²) in [6.07, 6.45) is 2.52. The summed E-state index contributed by atoms with van der Waals surface area (Å²) in [6, 6.07) is 1.99. The van der Waals surface area contributed by atoms with Gasteiger partial charge < -0.3 is 30.0 Å². The normalized spacial score (nSPS) is 18.0. The summed E-state index contributed by atoms with van der Waals surface area (Å²) in [4.78, 5) is 23.1. The van der Waals surface area contributed by atoms with Gasteiger partial charge >= 0.3 is 6.03 Å². The fourth-order valence-corrected chi connectivity index (χ4v) is 4.05. The van der Waals surface area contributed by atoms with Crippen molar-refractivity contribution in [3.63, 3.8) is 0 Å². The molecular weight excluding hydrogens is 384 g/mol. The molecule has 0 radical (unpaired) electrons. The summed E-state index contributed by atoms with van der Waals surface area (Å²) in [7, 11) is 0. The van der Waals surface area contributed by atoms with Gasteiger partial charge in [-0.1, -0.05) is 6.92 Å². The average Bonchev–Trinajstić information content (AvgIpc) is 3.53. The largest absolute Gasteiger partial charge is 0.382 e. The number of amides is 2. The molecule has 30 heavy (non-hydrogen) atoms. The quantitative estimate of drug-likeness (QED) is 0.637. The van der Waals surface area contributed by atoms with E-state index in [0.29, 0.717) is 70.3 Å². The minimum Gasteiger partial charge on any atom is -0.382 e. The smallest absolute Gasteiger partial charge is 0.317 e. The highest BCUT2D eigenvalue weighted by Gasteiger charge is 2.32. The van der Waals surface area contributed by atoms with Gasteiger partial charge in [-0.15, -0.1) is 0 Å². The number of urea groups is 1. The van der Waals surface area contributed by atoms with Gasteiger partial charge in [0.25, 0.3) is 0 Å². The number of carbonyl (C=O) groups is 1. The molecule has 1 saturated heterocycles. The monoisotopic (exact) mass is 416 g/mol. The third-order valence-corrected chi connectivity index (χ3v) is 5.94. The van der Waals surface area contributed by atoms with Crippen LogP contribution < -0.4 is 11.1 Å². The first-order chi connectivity index (χ1) is 14.5. The summed E-state index contributed by atoms with van der Waals surface area (Å²) >= 11 is 0. The number of anilines is 1. The lowest BCUT2D eigenvalue weighted by atomic mass is 10.1. The van der Waals surface area contributed by atoms with Crippen LogP contribution in [0.15, 0.2) is 6.07 Å². The molecule has 1 aliphatic heterocycles. The number of aromatic nitrogens is 3. The SMILES string of the molecule is Cc1cc2c(nc(C(C)C3CC3)n2CCOCCNC(=O)N2CCOCC2)c(N)n1. The maximum atomic E-state index is 12.1. The van der Waals surface area contributed by atoms with Gasteiger partial charge in [0.15, 0.2) is 5.82 Å². The lowest BCUT2D eigenvalue weighted by molar-refractivity contribution is 0.0523. The van der Waals surface area contributed by atoms with Gasteiger partial charge in [0.2, 0.25) is 0 Å². The first-order valence-electron chi connectivity index (χ1n) is 10.9. The molecule has 0 spiro atoms. The van der Waals surface area contributed by atoms with E-state index in [-0.39, 0.29) is 6.03 Å². The van der Waals surface area contributed by atoms with Crippen LogP contribution in [0.3, 0.4) is 0 Å². The Kier molecular flexibility index (Phi) is 6.38. The Morgan fingerprint density at radius 2 is 2.10 bits per heavy atom. The minimum absolute atomic E-state index is 0.0542. The molecule has 9 heteroatoms. The Balaban J connectivity index is 1.33. The van der Waals surface area contributed by atoms with Crippen molar-refractivity contribution < 1.29 is 14.3 Å². The Morgan fingerprint density at radius 1 is 1.33 bits per heavy atom. The van der Waals surface area contributed by atoms with Gasteiger partial charge in [-0.25, -0.2) is 14.8 Å². The van der Waals surface area contributed by atoms with Crippen molar-refractivity contribution in [2.45, 2.75) is 39.2 Å². The molecule has 2 aromatic heterocycles. The molecule has 3 heterocycles. The standard InChI is InChI=1S/C21H32N6O3/c1-14-13-17-18(19(22)24-14)25-20(15(2)16-3-4-16)27(17)8-12-29-9-5-23-21(28)26-6-10-30-11-7-26/h13,15-16H,3-12H2,1-2H3,(H2,22,24)(H,23,28). The lowest BCUT2D eigenvalue weighted by Gasteiger charge is -2.26. The van der Waals surface area contributed by atoms with Crippen LogP contribution in [0.4, 0.5) is 10.6 Å². The number of ether oxygens (including phenoxy) is 2. The molecule has 1 unspecified atom stereocenters. The molecule has 9 nitrogen and oxygen atoms in total. The molecule has 4 rings (SSSR count). The number of carbonyl (C=O) groups excluding carboxylic acids is 1. The number of nitrogens with two attached hydrogens (primary N) is 1. The lowest BCUT2D eigenvalue weighted by Crippen LogP contribution is -2.46. The second kappa shape index (κ2) is 9.18. The fourth-order valence-electron chi connectivity index (χ4n) is 4.05. The third-order valence-electron chi connectivity index (χ3n) is 5.94. The van der Waals surface area contributed by atoms with Crippen molar-refractivity contribution in [1.29, 1.82) is 0 Å². The molecule has 0 bridgehead atoms. The first-order valence-corrected chi connectivity index (χ1v) is 10.9. The number of rotatable bonds is 8. The van der Waals surface area contributed by atoms with E-state index in [1.165, 1.54) is 12.8 Å². The second-order valence-corrected chi connectivity index (χ2v) is 8.21. The summed E-state index contributed by atoms with van der Waals surface area (Å²) in [5, 5.41) is 2.91. The Labute approximate surface area is 176 Å². The average molecular weight is 417 g/mol. The number of hydrogen-bond acceptors (Lipinski definition) is 6. The van der Waals surface area contributed by atoms with Crippen LogP contribution in [0.1, 0.15) is 37.2 Å². The van der Waals surface area contributed by atoms with Crippen molar-refractivity contribution in [3.8, 4) is 0 Å². The Morgan fingerprint density at radius 3 is 2.83 bits per heavy atom. The van der Waals surface area contributed by atoms with Gasteiger partial charge in [-0.05, 0) is 31.7 Å². The number of morpholine rings is 1. The minimum atomic E-state index is -0.0542. The Hall–Kier alpha value is -2.39. The predicted octanol–water partition coefficient (Wildman–Crippen LogP) is 1.89. The first kappa shape index (κ1) is 20.9.